The smallest absolute Gasteiger partial charge is 0.312 e. The quantitative estimate of drug-likeness (QED) is 0.102. The summed E-state index contributed by atoms with van der Waals surface area (Å²) < 4.78 is 3.09. The molecule has 0 saturated carbocycles. The molecule has 0 saturated heterocycles. The van der Waals surface area contributed by atoms with E-state index in [4.69, 9.17) is 32.3 Å². The Kier molecular flexibility index (Phi) is 14.0. The van der Waals surface area contributed by atoms with Crippen LogP contribution in [0, 0.1) is 0 Å². The zero-order chi connectivity index (χ0) is 52.0. The Hall–Kier alpha value is -9.79. The number of fused-ring (bicyclic) bond motifs is 4. The van der Waals surface area contributed by atoms with Crippen LogP contribution in [-0.4, -0.2) is 65.8 Å². The minimum atomic E-state index is -0.833. The van der Waals surface area contributed by atoms with Gasteiger partial charge < -0.3 is 22.5 Å². The van der Waals surface area contributed by atoms with Crippen molar-refractivity contribution in [2.45, 2.75) is 12.8 Å². The number of hydrogen-bond donors (Lipinski definition) is 4. The van der Waals surface area contributed by atoms with Crippen LogP contribution in [0.5, 0.6) is 0 Å². The molecule has 0 bridgehead atoms. The highest BCUT2D eigenvalue weighted by Gasteiger charge is 2.34. The maximum atomic E-state index is 14.1. The number of benzene rings is 6. The molecule has 0 radical (unpaired) electrons. The summed E-state index contributed by atoms with van der Waals surface area (Å²) in [6.07, 6.45) is 4.49. The van der Waals surface area contributed by atoms with Gasteiger partial charge in [0.15, 0.2) is 0 Å². The van der Waals surface area contributed by atoms with E-state index >= 15 is 0 Å². The third-order valence-corrected chi connectivity index (χ3v) is 13.2. The summed E-state index contributed by atoms with van der Waals surface area (Å²) in [4.78, 5) is 57.5. The van der Waals surface area contributed by atoms with E-state index in [1.54, 1.807) is 17.1 Å². The van der Waals surface area contributed by atoms with Gasteiger partial charge in [-0.1, -0.05) is 146 Å². The molecule has 10 aromatic rings. The lowest BCUT2D eigenvalue weighted by atomic mass is 9.89. The fourth-order valence-electron chi connectivity index (χ4n) is 9.65. The van der Waals surface area contributed by atoms with Crippen molar-refractivity contribution < 1.29 is 19.2 Å². The Bertz CT molecular complexity index is 3870. The number of nitrogens with two attached hydrogens (primary N) is 3. The molecule has 6 aromatic carbocycles. The molecular weight excluding hydrogens is 960 g/mol. The van der Waals surface area contributed by atoms with Crippen LogP contribution in [0.4, 0.5) is 9.59 Å². The van der Waals surface area contributed by atoms with Gasteiger partial charge in [-0.25, -0.2) is 9.59 Å². The largest absolute Gasteiger partial charge is 0.352 e. The van der Waals surface area contributed by atoms with E-state index in [-0.39, 0.29) is 24.2 Å². The first-order valence-electron chi connectivity index (χ1n) is 23.9. The highest BCUT2D eigenvalue weighted by atomic mass is 35.5. The monoisotopic (exact) mass is 1010 g/mol. The van der Waals surface area contributed by atoms with E-state index in [2.05, 4.69) is 38.9 Å². The number of alkyl halides is 1. The molecule has 368 valence electrons. The van der Waals surface area contributed by atoms with E-state index < -0.39 is 12.1 Å². The third-order valence-electron chi connectivity index (χ3n) is 12.9. The summed E-state index contributed by atoms with van der Waals surface area (Å²) in [5, 5.41) is 14.3. The van der Waals surface area contributed by atoms with E-state index in [1.165, 1.54) is 4.68 Å². The fourth-order valence-corrected chi connectivity index (χ4v) is 9.88. The van der Waals surface area contributed by atoms with Crippen LogP contribution < -0.4 is 22.5 Å². The molecule has 0 aliphatic carbocycles. The Morgan fingerprint density at radius 1 is 0.493 bits per heavy atom. The third kappa shape index (κ3) is 10.1. The number of carbonyl (C=O) groups is 4. The Balaban J connectivity index is 0.000000160. The second kappa shape index (κ2) is 21.5. The molecular formula is C60H47ClN10O4. The summed E-state index contributed by atoms with van der Waals surface area (Å²) in [5.41, 5.74) is 29.0. The van der Waals surface area contributed by atoms with Gasteiger partial charge in [-0.15, -0.1) is 11.6 Å². The molecule has 0 spiro atoms. The Morgan fingerprint density at radius 3 is 1.28 bits per heavy atom. The first kappa shape index (κ1) is 48.8. The predicted molar refractivity (Wildman–Crippen MR) is 294 cm³/mol. The summed E-state index contributed by atoms with van der Waals surface area (Å²) in [6.45, 7) is 0.154. The van der Waals surface area contributed by atoms with Gasteiger partial charge in [-0.3, -0.25) is 19.6 Å². The SMILES string of the molecule is NC(=O)NCC1=C(c2ccc3ncccc3c2)C(=O)n2nc(-c3ccccc3)c(-c3ccccc3)c2C1.NC(N)=O.O=C1C(c2ccc3ncccc3c2)=C(CCl)Cc2c(-c3ccccc3)c(-c3ccccc3)nn21. The van der Waals surface area contributed by atoms with E-state index in [9.17, 15) is 14.4 Å². The van der Waals surface area contributed by atoms with Gasteiger partial charge in [0.05, 0.1) is 28.0 Å². The summed E-state index contributed by atoms with van der Waals surface area (Å²) in [6, 6.07) is 57.8. The molecule has 2 aliphatic rings. The average molecular weight is 1010 g/mol. The predicted octanol–water partition coefficient (Wildman–Crippen LogP) is 10.8. The van der Waals surface area contributed by atoms with E-state index in [1.807, 2.05) is 170 Å². The summed E-state index contributed by atoms with van der Waals surface area (Å²) in [7, 11) is 0. The normalized spacial score (nSPS) is 12.8. The van der Waals surface area contributed by atoms with Crippen molar-refractivity contribution in [2.24, 2.45) is 17.2 Å². The fraction of sp³-hybridized carbons (Fsp3) is 0.0667. The van der Waals surface area contributed by atoms with Crippen molar-refractivity contribution in [1.82, 2.24) is 34.8 Å². The molecule has 75 heavy (non-hydrogen) atoms. The zero-order valence-electron chi connectivity index (χ0n) is 40.2. The summed E-state index contributed by atoms with van der Waals surface area (Å²) >= 11 is 6.45. The first-order chi connectivity index (χ1) is 36.6. The van der Waals surface area contributed by atoms with Gasteiger partial charge in [0.25, 0.3) is 11.8 Å². The van der Waals surface area contributed by atoms with Gasteiger partial charge in [-0.05, 0) is 69.8 Å². The second-order valence-electron chi connectivity index (χ2n) is 17.6. The molecule has 0 fully saturated rings. The van der Waals surface area contributed by atoms with Crippen molar-refractivity contribution in [3.05, 3.63) is 228 Å². The van der Waals surface area contributed by atoms with Crippen molar-refractivity contribution in [3.8, 4) is 44.8 Å². The van der Waals surface area contributed by atoms with Gasteiger partial charge in [0.2, 0.25) is 0 Å². The number of pyridine rings is 2. The van der Waals surface area contributed by atoms with Crippen LogP contribution >= 0.6 is 11.6 Å². The first-order valence-corrected chi connectivity index (χ1v) is 24.4. The highest BCUT2D eigenvalue weighted by molar-refractivity contribution is 6.27. The van der Waals surface area contributed by atoms with Gasteiger partial charge in [0, 0.05) is 76.3 Å². The zero-order valence-corrected chi connectivity index (χ0v) is 41.0. The Morgan fingerprint density at radius 2 is 0.880 bits per heavy atom. The maximum absolute atomic E-state index is 14.1. The van der Waals surface area contributed by atoms with Gasteiger partial charge in [-0.2, -0.15) is 19.6 Å². The van der Waals surface area contributed by atoms with Crippen molar-refractivity contribution in [3.63, 3.8) is 0 Å². The van der Waals surface area contributed by atoms with Crippen LogP contribution in [-0.2, 0) is 12.8 Å². The standard InChI is InChI=1S/C30H23N5O2.C29H20ClN3O.CH4N2O/c31-30(37)33-18-23-17-25-27(19-8-3-1-4-9-19)28(20-10-5-2-6-11-20)34-35(25)29(36)26(23)22-13-14-24-21(16-22)12-7-15-32-24;30-18-23-17-25-27(19-8-3-1-4-9-19)28(20-10-5-2-6-11-20)32-33(25)29(34)26(23)22-13-14-24-21(16-22)12-7-15-31-24;2-1(3)4/h1-16H,17-18H2,(H3,31,33,37);1-16H,17-18H2;(H4,2,3,4). The number of nitrogens with zero attached hydrogens (tertiary/aromatic N) is 6. The van der Waals surface area contributed by atoms with Gasteiger partial charge >= 0.3 is 12.1 Å². The number of primary amides is 3. The maximum Gasteiger partial charge on any atom is 0.312 e. The molecule has 4 amide bonds. The minimum absolute atomic E-state index is 0.153. The number of carbonyl (C=O) groups excluding carboxylic acids is 4. The molecule has 4 aromatic heterocycles. The minimum Gasteiger partial charge on any atom is -0.352 e. The highest BCUT2D eigenvalue weighted by Crippen LogP contribution is 2.42. The number of urea groups is 2. The van der Waals surface area contributed by atoms with E-state index in [0.29, 0.717) is 24.0 Å². The number of allylic oxidation sites excluding steroid dienone is 3. The molecule has 14 nitrogen and oxygen atoms in total. The second-order valence-corrected chi connectivity index (χ2v) is 17.9. The lowest BCUT2D eigenvalue weighted by Gasteiger charge is -2.22. The molecule has 2 aliphatic heterocycles. The summed E-state index contributed by atoms with van der Waals surface area (Å²) in [5.74, 6) is -0.128. The van der Waals surface area contributed by atoms with Crippen molar-refractivity contribution >= 4 is 68.4 Å². The molecule has 15 heteroatoms. The number of rotatable bonds is 9. The Labute approximate surface area is 435 Å². The topological polar surface area (TPSA) is 220 Å². The van der Waals surface area contributed by atoms with Crippen LogP contribution in [0.2, 0.25) is 0 Å². The van der Waals surface area contributed by atoms with Crippen LogP contribution in [0.3, 0.4) is 0 Å². The molecule has 0 atom stereocenters. The molecule has 6 heterocycles. The molecule has 12 rings (SSSR count). The number of hydrogen-bond acceptors (Lipinski definition) is 8. The van der Waals surface area contributed by atoms with Crippen molar-refractivity contribution in [1.29, 1.82) is 0 Å². The molecule has 0 unspecified atom stereocenters. The van der Waals surface area contributed by atoms with E-state index in [0.717, 1.165) is 100 Å². The number of amides is 4. The number of halogens is 1. The number of aromatic nitrogens is 6. The number of nitrogens with one attached hydrogen (secondary N) is 1. The van der Waals surface area contributed by atoms with Crippen molar-refractivity contribution in [2.75, 3.05) is 12.4 Å². The van der Waals surface area contributed by atoms with Crippen LogP contribution in [0.1, 0.15) is 32.1 Å². The lowest BCUT2D eigenvalue weighted by Crippen LogP contribution is -2.34. The lowest BCUT2D eigenvalue weighted by molar-refractivity contribution is 0.0950. The van der Waals surface area contributed by atoms with Crippen LogP contribution in [0.25, 0.3) is 77.7 Å². The van der Waals surface area contributed by atoms with Gasteiger partial charge in [0.1, 0.15) is 11.4 Å². The molecule has 7 N–H and O–H groups in total. The average Bonchev–Trinajstić information content (AvgIpc) is 4.06. The van der Waals surface area contributed by atoms with Crippen LogP contribution in [0.15, 0.2) is 206 Å².